The minimum atomic E-state index is 0.390. The van der Waals surface area contributed by atoms with Crippen molar-refractivity contribution >= 4 is 0 Å². The second kappa shape index (κ2) is 5.61. The van der Waals surface area contributed by atoms with Gasteiger partial charge in [0, 0.05) is 37.1 Å². The Morgan fingerprint density at radius 3 is 2.82 bits per heavy atom. The van der Waals surface area contributed by atoms with Crippen LogP contribution in [-0.4, -0.2) is 35.1 Å². The first-order valence-electron chi connectivity index (χ1n) is 6.57. The number of nitrogens with zero attached hydrogens (tertiary/aromatic N) is 2. The Morgan fingerprint density at radius 1 is 1.41 bits per heavy atom. The van der Waals surface area contributed by atoms with E-state index in [1.54, 1.807) is 0 Å². The van der Waals surface area contributed by atoms with Crippen LogP contribution >= 0.6 is 0 Å². The molecule has 0 saturated carbocycles. The smallest absolute Gasteiger partial charge is 0.0315 e. The van der Waals surface area contributed by atoms with Gasteiger partial charge in [-0.15, -0.1) is 0 Å². The van der Waals surface area contributed by atoms with Crippen molar-refractivity contribution in [2.24, 2.45) is 0 Å². The summed E-state index contributed by atoms with van der Waals surface area (Å²) in [4.78, 5) is 6.71. The molecule has 0 spiro atoms. The summed E-state index contributed by atoms with van der Waals surface area (Å²) in [6, 6.07) is 5.81. The van der Waals surface area contributed by atoms with Crippen molar-refractivity contribution in [2.45, 2.75) is 45.3 Å². The number of hydrogen-bond acceptors (Lipinski definition) is 3. The Labute approximate surface area is 104 Å². The molecule has 1 N–H and O–H groups in total. The van der Waals surface area contributed by atoms with Crippen molar-refractivity contribution in [3.8, 4) is 0 Å². The highest BCUT2D eigenvalue weighted by molar-refractivity contribution is 5.13. The van der Waals surface area contributed by atoms with Gasteiger partial charge in [-0.1, -0.05) is 6.07 Å². The van der Waals surface area contributed by atoms with Gasteiger partial charge in [-0.25, -0.2) is 0 Å². The van der Waals surface area contributed by atoms with Crippen molar-refractivity contribution < 1.29 is 0 Å². The van der Waals surface area contributed by atoms with E-state index in [1.165, 1.54) is 25.1 Å². The lowest BCUT2D eigenvalue weighted by atomic mass is 10.1. The summed E-state index contributed by atoms with van der Waals surface area (Å²) in [5.74, 6) is 0. The summed E-state index contributed by atoms with van der Waals surface area (Å²) in [7, 11) is 0. The predicted molar refractivity (Wildman–Crippen MR) is 70.9 cm³/mol. The van der Waals surface area contributed by atoms with Gasteiger partial charge in [0.15, 0.2) is 0 Å². The van der Waals surface area contributed by atoms with Crippen molar-refractivity contribution in [2.75, 3.05) is 13.1 Å². The Bertz CT molecular complexity index is 337. The van der Waals surface area contributed by atoms with Crippen molar-refractivity contribution in [1.82, 2.24) is 15.2 Å². The monoisotopic (exact) mass is 233 g/mol. The van der Waals surface area contributed by atoms with Gasteiger partial charge in [0.05, 0.1) is 0 Å². The number of hydrogen-bond donors (Lipinski definition) is 1. The Balaban J connectivity index is 1.86. The summed E-state index contributed by atoms with van der Waals surface area (Å²) in [6.45, 7) is 9.15. The molecule has 2 heterocycles. The number of rotatable bonds is 4. The Kier molecular flexibility index (Phi) is 4.13. The van der Waals surface area contributed by atoms with Crippen LogP contribution in [0.1, 0.15) is 38.8 Å². The summed E-state index contributed by atoms with van der Waals surface area (Å²) >= 11 is 0. The minimum absolute atomic E-state index is 0.390. The molecule has 0 aromatic carbocycles. The largest absolute Gasteiger partial charge is 0.306 e. The minimum Gasteiger partial charge on any atom is -0.306 e. The van der Waals surface area contributed by atoms with Gasteiger partial charge in [-0.05, 0) is 45.4 Å². The van der Waals surface area contributed by atoms with E-state index in [-0.39, 0.29) is 0 Å². The molecule has 2 atom stereocenters. The van der Waals surface area contributed by atoms with E-state index in [0.717, 1.165) is 0 Å². The molecule has 1 fully saturated rings. The van der Waals surface area contributed by atoms with Gasteiger partial charge in [0.1, 0.15) is 0 Å². The van der Waals surface area contributed by atoms with Crippen LogP contribution in [0.15, 0.2) is 24.5 Å². The van der Waals surface area contributed by atoms with E-state index in [4.69, 9.17) is 0 Å². The maximum absolute atomic E-state index is 4.17. The second-order valence-corrected chi connectivity index (χ2v) is 5.25. The molecule has 1 aromatic heterocycles. The summed E-state index contributed by atoms with van der Waals surface area (Å²) < 4.78 is 0. The molecule has 1 unspecified atom stereocenters. The van der Waals surface area contributed by atoms with Crippen LogP contribution in [-0.2, 0) is 0 Å². The van der Waals surface area contributed by atoms with Gasteiger partial charge in [-0.2, -0.15) is 0 Å². The number of pyridine rings is 1. The van der Waals surface area contributed by atoms with Crippen LogP contribution in [0.2, 0.25) is 0 Å². The zero-order chi connectivity index (χ0) is 12.3. The third kappa shape index (κ3) is 3.27. The predicted octanol–water partition coefficient (Wildman–Crippen LogP) is 2.21. The second-order valence-electron chi connectivity index (χ2n) is 5.25. The Hall–Kier alpha value is -0.930. The summed E-state index contributed by atoms with van der Waals surface area (Å²) in [6.07, 6.45) is 5.03. The highest BCUT2D eigenvalue weighted by Gasteiger charge is 2.25. The highest BCUT2D eigenvalue weighted by Crippen LogP contribution is 2.17. The van der Waals surface area contributed by atoms with Crippen LogP contribution in [0.25, 0.3) is 0 Å². The number of likely N-dealkylation sites (tertiary alicyclic amines) is 1. The third-order valence-electron chi connectivity index (χ3n) is 3.62. The van der Waals surface area contributed by atoms with Crippen LogP contribution < -0.4 is 5.32 Å². The Morgan fingerprint density at radius 2 is 2.24 bits per heavy atom. The maximum atomic E-state index is 4.17. The molecule has 3 heteroatoms. The molecule has 1 aliphatic heterocycles. The lowest BCUT2D eigenvalue weighted by Gasteiger charge is -2.22. The van der Waals surface area contributed by atoms with Gasteiger partial charge in [0.25, 0.3) is 0 Å². The van der Waals surface area contributed by atoms with Crippen molar-refractivity contribution in [3.05, 3.63) is 30.1 Å². The maximum Gasteiger partial charge on any atom is 0.0315 e. The van der Waals surface area contributed by atoms with Crippen LogP contribution in [0.5, 0.6) is 0 Å². The third-order valence-corrected chi connectivity index (χ3v) is 3.62. The fraction of sp³-hybridized carbons (Fsp3) is 0.643. The molecule has 0 radical (unpaired) electrons. The van der Waals surface area contributed by atoms with E-state index in [1.807, 2.05) is 18.5 Å². The molecule has 2 rings (SSSR count). The van der Waals surface area contributed by atoms with Crippen LogP contribution in [0.4, 0.5) is 0 Å². The van der Waals surface area contributed by atoms with E-state index < -0.39 is 0 Å². The quantitative estimate of drug-likeness (QED) is 0.864. The lowest BCUT2D eigenvalue weighted by molar-refractivity contribution is 0.266. The summed E-state index contributed by atoms with van der Waals surface area (Å²) in [5.41, 5.74) is 1.27. The molecule has 17 heavy (non-hydrogen) atoms. The first-order chi connectivity index (χ1) is 8.16. The first kappa shape index (κ1) is 12.5. The number of aromatic nitrogens is 1. The van der Waals surface area contributed by atoms with Crippen LogP contribution in [0, 0.1) is 0 Å². The molecule has 1 aliphatic rings. The van der Waals surface area contributed by atoms with E-state index in [0.29, 0.717) is 18.1 Å². The number of nitrogens with one attached hydrogen (secondary N) is 1. The average molecular weight is 233 g/mol. The highest BCUT2D eigenvalue weighted by atomic mass is 15.2. The van der Waals surface area contributed by atoms with Gasteiger partial charge < -0.3 is 5.32 Å². The zero-order valence-electron chi connectivity index (χ0n) is 11.1. The molecule has 3 nitrogen and oxygen atoms in total. The molecule has 0 amide bonds. The molecular formula is C14H23N3. The van der Waals surface area contributed by atoms with Gasteiger partial charge >= 0.3 is 0 Å². The molecule has 0 aliphatic carbocycles. The van der Waals surface area contributed by atoms with E-state index >= 15 is 0 Å². The standard InChI is InChI=1S/C14H23N3/c1-11(2)17-8-6-14(10-17)16-12(3)13-5-4-7-15-9-13/h4-5,7,9,11-12,14,16H,6,8,10H2,1-3H3/t12-,14?/m0/s1. The molecule has 1 saturated heterocycles. The zero-order valence-corrected chi connectivity index (χ0v) is 11.1. The normalized spacial score (nSPS) is 23.2. The van der Waals surface area contributed by atoms with E-state index in [2.05, 4.69) is 42.0 Å². The molecular weight excluding hydrogens is 210 g/mol. The van der Waals surface area contributed by atoms with Gasteiger partial charge in [0.2, 0.25) is 0 Å². The van der Waals surface area contributed by atoms with Crippen molar-refractivity contribution in [1.29, 1.82) is 0 Å². The van der Waals surface area contributed by atoms with Crippen molar-refractivity contribution in [3.63, 3.8) is 0 Å². The fourth-order valence-corrected chi connectivity index (χ4v) is 2.47. The fourth-order valence-electron chi connectivity index (χ4n) is 2.47. The molecule has 0 bridgehead atoms. The SMILES string of the molecule is CC(C)N1CCC(N[C@@H](C)c2cccnc2)C1. The first-order valence-corrected chi connectivity index (χ1v) is 6.57. The van der Waals surface area contributed by atoms with Gasteiger partial charge in [-0.3, -0.25) is 9.88 Å². The lowest BCUT2D eigenvalue weighted by Crippen LogP contribution is -2.36. The van der Waals surface area contributed by atoms with E-state index in [9.17, 15) is 0 Å². The topological polar surface area (TPSA) is 28.2 Å². The molecule has 94 valence electrons. The molecule has 1 aromatic rings. The average Bonchev–Trinajstić information content (AvgIpc) is 2.79. The summed E-state index contributed by atoms with van der Waals surface area (Å²) in [5, 5.41) is 3.70. The van der Waals surface area contributed by atoms with Crippen LogP contribution in [0.3, 0.4) is 0 Å².